The molecule has 0 saturated carbocycles. The molecule has 4 aliphatic rings. The molecular formula is C29H32N4O7S. The topological polar surface area (TPSA) is 128 Å². The van der Waals surface area contributed by atoms with Gasteiger partial charge in [-0.05, 0) is 43.2 Å². The largest absolute Gasteiger partial charge is 0.507 e. The number of likely N-dealkylation sites (N-methyl/N-ethyl adjacent to an activating group) is 1. The molecule has 3 saturated heterocycles. The number of aliphatic hydroxyl groups is 1. The lowest BCUT2D eigenvalue weighted by Crippen LogP contribution is -2.53. The number of para-hydroxylation sites is 1. The van der Waals surface area contributed by atoms with Gasteiger partial charge in [0.2, 0.25) is 10.0 Å². The molecule has 1 atom stereocenters. The molecule has 2 aromatic carbocycles. The number of Topliss-reactive ketones (excluding diaryl/α,β-unsaturated/α-hetero) is 1. The van der Waals surface area contributed by atoms with E-state index in [1.165, 1.54) is 38.4 Å². The van der Waals surface area contributed by atoms with Crippen molar-refractivity contribution in [1.82, 2.24) is 14.1 Å². The van der Waals surface area contributed by atoms with Gasteiger partial charge in [0, 0.05) is 63.1 Å². The van der Waals surface area contributed by atoms with Gasteiger partial charge in [-0.15, -0.1) is 0 Å². The van der Waals surface area contributed by atoms with E-state index in [4.69, 9.17) is 4.74 Å². The molecule has 0 aromatic heterocycles. The lowest BCUT2D eigenvalue weighted by atomic mass is 9.82. The second kappa shape index (κ2) is 10.4. The molecule has 2 amide bonds. The van der Waals surface area contributed by atoms with Gasteiger partial charge in [-0.3, -0.25) is 19.3 Å². The zero-order valence-corrected chi connectivity index (χ0v) is 23.6. The number of morpholine rings is 1. The molecule has 0 aliphatic carbocycles. The van der Waals surface area contributed by atoms with Crippen molar-refractivity contribution in [2.75, 3.05) is 64.4 Å². The summed E-state index contributed by atoms with van der Waals surface area (Å²) in [6, 6.07) is 12.5. The quantitative estimate of drug-likeness (QED) is 0.308. The number of benzene rings is 2. The first-order valence-electron chi connectivity index (χ1n) is 13.8. The zero-order valence-electron chi connectivity index (χ0n) is 22.8. The summed E-state index contributed by atoms with van der Waals surface area (Å²) in [4.78, 5) is 46.3. The van der Waals surface area contributed by atoms with Gasteiger partial charge < -0.3 is 19.6 Å². The molecule has 4 aliphatic heterocycles. The maximum absolute atomic E-state index is 14.1. The number of sulfonamides is 1. The molecule has 1 unspecified atom stereocenters. The third-order valence-corrected chi connectivity index (χ3v) is 10.4. The minimum atomic E-state index is -3.69. The van der Waals surface area contributed by atoms with Crippen LogP contribution < -0.4 is 4.90 Å². The van der Waals surface area contributed by atoms with Gasteiger partial charge in [0.1, 0.15) is 5.76 Å². The summed E-state index contributed by atoms with van der Waals surface area (Å²) in [5, 5.41) is 11.6. The van der Waals surface area contributed by atoms with E-state index < -0.39 is 38.9 Å². The average Bonchev–Trinajstić information content (AvgIpc) is 3.67. The number of ketones is 1. The Morgan fingerprint density at radius 3 is 2.27 bits per heavy atom. The molecule has 1 N–H and O–H groups in total. The summed E-state index contributed by atoms with van der Waals surface area (Å²) < 4.78 is 32.9. The van der Waals surface area contributed by atoms with E-state index in [0.29, 0.717) is 57.2 Å². The first-order chi connectivity index (χ1) is 19.7. The molecule has 11 nitrogen and oxygen atoms in total. The monoisotopic (exact) mass is 580 g/mol. The van der Waals surface area contributed by atoms with E-state index in [2.05, 4.69) is 4.90 Å². The van der Waals surface area contributed by atoms with Crippen LogP contribution in [0.15, 0.2) is 59.0 Å². The lowest BCUT2D eigenvalue weighted by molar-refractivity contribution is -0.144. The molecule has 0 radical (unpaired) electrons. The Balaban J connectivity index is 1.45. The first kappa shape index (κ1) is 27.6. The zero-order chi connectivity index (χ0) is 28.9. The van der Waals surface area contributed by atoms with Crippen LogP contribution in [0.1, 0.15) is 24.0 Å². The summed E-state index contributed by atoms with van der Waals surface area (Å²) in [7, 11) is -2.11. The summed E-state index contributed by atoms with van der Waals surface area (Å²) in [6.45, 7) is 3.84. The van der Waals surface area contributed by atoms with Crippen LogP contribution in [-0.4, -0.2) is 105 Å². The van der Waals surface area contributed by atoms with E-state index in [-0.39, 0.29) is 22.6 Å². The number of amides is 2. The third-order valence-electron chi connectivity index (χ3n) is 8.51. The number of hydrogen-bond donors (Lipinski definition) is 1. The van der Waals surface area contributed by atoms with Gasteiger partial charge in [-0.2, -0.15) is 4.31 Å². The smallest absolute Gasteiger partial charge is 0.296 e. The van der Waals surface area contributed by atoms with Crippen molar-refractivity contribution < 1.29 is 32.6 Å². The molecule has 4 heterocycles. The Morgan fingerprint density at radius 1 is 0.927 bits per heavy atom. The molecular weight excluding hydrogens is 548 g/mol. The highest BCUT2D eigenvalue weighted by Gasteiger charge is 2.66. The Morgan fingerprint density at radius 2 is 1.59 bits per heavy atom. The summed E-state index contributed by atoms with van der Waals surface area (Å²) in [5.41, 5.74) is -1.06. The van der Waals surface area contributed by atoms with Gasteiger partial charge in [-0.1, -0.05) is 18.2 Å². The van der Waals surface area contributed by atoms with Crippen LogP contribution in [0.3, 0.4) is 0 Å². The van der Waals surface area contributed by atoms with Crippen molar-refractivity contribution in [2.24, 2.45) is 0 Å². The average molecular weight is 581 g/mol. The van der Waals surface area contributed by atoms with Crippen LogP contribution in [0.2, 0.25) is 0 Å². The standard InChI is InChI=1S/C29H32N4O7S/c1-30-23-7-3-2-6-22(23)29(28(30)37)24(26(35)27(36)33(29)15-14-31-16-18-40-19-17-31)25(34)20-8-10-21(11-9-20)41(38,39)32-12-4-5-13-32/h2-3,6-11,34H,4-5,12-19H2,1H3/b25-24+. The molecule has 216 valence electrons. The van der Waals surface area contributed by atoms with Crippen LogP contribution >= 0.6 is 0 Å². The molecule has 0 bridgehead atoms. The van der Waals surface area contributed by atoms with Crippen LogP contribution in [0.5, 0.6) is 0 Å². The Bertz CT molecular complexity index is 1540. The van der Waals surface area contributed by atoms with E-state index in [1.54, 1.807) is 31.3 Å². The van der Waals surface area contributed by atoms with Crippen LogP contribution in [0.25, 0.3) is 5.76 Å². The summed E-state index contributed by atoms with van der Waals surface area (Å²) in [5.74, 6) is -2.88. The maximum atomic E-state index is 14.1. The van der Waals surface area contributed by atoms with Gasteiger partial charge >= 0.3 is 0 Å². The van der Waals surface area contributed by atoms with Crippen molar-refractivity contribution in [3.63, 3.8) is 0 Å². The van der Waals surface area contributed by atoms with Crippen molar-refractivity contribution in [3.8, 4) is 0 Å². The first-order valence-corrected chi connectivity index (χ1v) is 15.2. The number of anilines is 1. The Kier molecular flexibility index (Phi) is 6.97. The SMILES string of the molecule is CN1C(=O)C2(/C(=C(/O)c3ccc(S(=O)(=O)N4CCCC4)cc3)C(=O)C(=O)N2CCN2CCOCC2)c2ccccc21. The predicted octanol–water partition coefficient (Wildman–Crippen LogP) is 1.36. The van der Waals surface area contributed by atoms with Crippen molar-refractivity contribution in [1.29, 1.82) is 0 Å². The van der Waals surface area contributed by atoms with Crippen LogP contribution in [0.4, 0.5) is 5.69 Å². The number of fused-ring (bicyclic) bond motifs is 2. The van der Waals surface area contributed by atoms with Gasteiger partial charge in [0.25, 0.3) is 17.6 Å². The summed E-state index contributed by atoms with van der Waals surface area (Å²) >= 11 is 0. The van der Waals surface area contributed by atoms with Crippen molar-refractivity contribution in [2.45, 2.75) is 23.3 Å². The number of likely N-dealkylation sites (tertiary alicyclic amines) is 1. The van der Waals surface area contributed by atoms with Gasteiger partial charge in [-0.25, -0.2) is 8.42 Å². The third kappa shape index (κ3) is 4.19. The molecule has 3 fully saturated rings. The molecule has 41 heavy (non-hydrogen) atoms. The molecule has 12 heteroatoms. The second-order valence-corrected chi connectivity index (χ2v) is 12.6. The number of carbonyl (C=O) groups excluding carboxylic acids is 3. The van der Waals surface area contributed by atoms with E-state index in [1.807, 2.05) is 0 Å². The Hall–Kier alpha value is -3.58. The fraction of sp³-hybridized carbons (Fsp3) is 0.414. The van der Waals surface area contributed by atoms with Crippen LogP contribution in [0, 0.1) is 0 Å². The number of aliphatic hydroxyl groups excluding tert-OH is 1. The van der Waals surface area contributed by atoms with Gasteiger partial charge in [0.05, 0.1) is 23.7 Å². The van der Waals surface area contributed by atoms with Crippen LogP contribution in [-0.2, 0) is 34.7 Å². The van der Waals surface area contributed by atoms with E-state index >= 15 is 0 Å². The number of hydrogen-bond acceptors (Lipinski definition) is 8. The Labute approximate surface area is 238 Å². The second-order valence-electron chi connectivity index (χ2n) is 10.7. The molecule has 2 aromatic rings. The minimum Gasteiger partial charge on any atom is -0.507 e. The number of ether oxygens (including phenoxy) is 1. The van der Waals surface area contributed by atoms with Gasteiger partial charge in [0.15, 0.2) is 5.54 Å². The fourth-order valence-corrected chi connectivity index (χ4v) is 7.86. The highest BCUT2D eigenvalue weighted by atomic mass is 32.2. The molecule has 1 spiro atoms. The normalized spacial score (nSPS) is 25.0. The fourth-order valence-electron chi connectivity index (χ4n) is 6.34. The van der Waals surface area contributed by atoms with E-state index in [0.717, 1.165) is 12.8 Å². The minimum absolute atomic E-state index is 0.0682. The number of carbonyl (C=O) groups is 3. The number of rotatable bonds is 6. The van der Waals surface area contributed by atoms with E-state index in [9.17, 15) is 27.9 Å². The highest BCUT2D eigenvalue weighted by molar-refractivity contribution is 7.89. The predicted molar refractivity (Wildman–Crippen MR) is 149 cm³/mol. The van der Waals surface area contributed by atoms with Crippen molar-refractivity contribution >= 4 is 39.1 Å². The maximum Gasteiger partial charge on any atom is 0.296 e. The number of nitrogens with zero attached hydrogens (tertiary/aromatic N) is 4. The lowest BCUT2D eigenvalue weighted by Gasteiger charge is -2.36. The highest BCUT2D eigenvalue weighted by Crippen LogP contribution is 2.53. The van der Waals surface area contributed by atoms with Crippen molar-refractivity contribution in [3.05, 3.63) is 65.2 Å². The summed E-state index contributed by atoms with van der Waals surface area (Å²) in [6.07, 6.45) is 1.60. The molecule has 6 rings (SSSR count).